The van der Waals surface area contributed by atoms with Crippen molar-refractivity contribution in [2.24, 2.45) is 0 Å². The molecule has 0 bridgehead atoms. The molecule has 0 atom stereocenters. The zero-order valence-corrected chi connectivity index (χ0v) is 11.6. The van der Waals surface area contributed by atoms with Crippen LogP contribution in [0, 0.1) is 12.7 Å². The molecule has 0 fully saturated rings. The Morgan fingerprint density at radius 1 is 1.30 bits per heavy atom. The first-order valence-electron chi connectivity index (χ1n) is 5.86. The van der Waals surface area contributed by atoms with Crippen molar-refractivity contribution in [3.8, 4) is 0 Å². The Kier molecular flexibility index (Phi) is 4.01. The van der Waals surface area contributed by atoms with Gasteiger partial charge in [0.15, 0.2) is 0 Å². The summed E-state index contributed by atoms with van der Waals surface area (Å²) in [6, 6.07) is 7.31. The first kappa shape index (κ1) is 14.4. The van der Waals surface area contributed by atoms with Crippen molar-refractivity contribution in [2.45, 2.75) is 18.4 Å². The third kappa shape index (κ3) is 2.94. The van der Waals surface area contributed by atoms with Crippen LogP contribution in [-0.4, -0.2) is 13.4 Å². The molecular weight excluding hydrogens is 281 g/mol. The maximum Gasteiger partial charge on any atom is 0.245 e. The predicted molar refractivity (Wildman–Crippen MR) is 73.8 cm³/mol. The number of aryl methyl sites for hydroxylation is 1. The molecule has 106 valence electrons. The standard InChI is InChI=1S/C13H14FN3O2S/c1-9-4-3-7-16-12(9)8-17-20(18,19)13-10(14)5-2-6-11(13)15/h2-7,17H,8,15H2,1H3. The van der Waals surface area contributed by atoms with Gasteiger partial charge in [-0.05, 0) is 30.7 Å². The summed E-state index contributed by atoms with van der Waals surface area (Å²) in [6.45, 7) is 1.79. The van der Waals surface area contributed by atoms with Crippen molar-refractivity contribution >= 4 is 15.7 Å². The van der Waals surface area contributed by atoms with Gasteiger partial charge in [-0.25, -0.2) is 17.5 Å². The van der Waals surface area contributed by atoms with Gasteiger partial charge in [-0.2, -0.15) is 0 Å². The van der Waals surface area contributed by atoms with Crippen molar-refractivity contribution in [1.29, 1.82) is 0 Å². The van der Waals surface area contributed by atoms with E-state index in [0.717, 1.165) is 11.6 Å². The number of hydrogen-bond acceptors (Lipinski definition) is 4. The SMILES string of the molecule is Cc1cccnc1CNS(=O)(=O)c1c(N)cccc1F. The van der Waals surface area contributed by atoms with Gasteiger partial charge in [-0.3, -0.25) is 4.98 Å². The Hall–Kier alpha value is -1.99. The monoisotopic (exact) mass is 295 g/mol. The predicted octanol–water partition coefficient (Wildman–Crippen LogP) is 1.59. The number of nitrogens with two attached hydrogens (primary N) is 1. The van der Waals surface area contributed by atoms with Crippen LogP contribution in [0.3, 0.4) is 0 Å². The van der Waals surface area contributed by atoms with Crippen LogP contribution in [0.2, 0.25) is 0 Å². The van der Waals surface area contributed by atoms with Crippen LogP contribution in [-0.2, 0) is 16.6 Å². The summed E-state index contributed by atoms with van der Waals surface area (Å²) in [5, 5.41) is 0. The molecule has 1 aromatic heterocycles. The fourth-order valence-corrected chi connectivity index (χ4v) is 2.92. The maximum atomic E-state index is 13.6. The lowest BCUT2D eigenvalue weighted by molar-refractivity contribution is 0.557. The number of aromatic nitrogens is 1. The van der Waals surface area contributed by atoms with Gasteiger partial charge in [0.2, 0.25) is 10.0 Å². The molecule has 0 unspecified atom stereocenters. The maximum absolute atomic E-state index is 13.6. The van der Waals surface area contributed by atoms with E-state index < -0.39 is 20.7 Å². The Morgan fingerprint density at radius 2 is 2.05 bits per heavy atom. The number of rotatable bonds is 4. The number of sulfonamides is 1. The largest absolute Gasteiger partial charge is 0.398 e. The van der Waals surface area contributed by atoms with Crippen LogP contribution in [0.1, 0.15) is 11.3 Å². The first-order chi connectivity index (χ1) is 9.42. The molecule has 0 saturated heterocycles. The van der Waals surface area contributed by atoms with E-state index in [4.69, 9.17) is 5.73 Å². The molecule has 0 aliphatic rings. The summed E-state index contributed by atoms with van der Waals surface area (Å²) in [6.07, 6.45) is 1.56. The van der Waals surface area contributed by atoms with Crippen LogP contribution in [0.25, 0.3) is 0 Å². The van der Waals surface area contributed by atoms with E-state index in [1.807, 2.05) is 13.0 Å². The normalized spacial score (nSPS) is 11.5. The topological polar surface area (TPSA) is 85.1 Å². The Bertz CT molecular complexity index is 712. The van der Waals surface area contributed by atoms with Gasteiger partial charge in [0.1, 0.15) is 10.7 Å². The fraction of sp³-hybridized carbons (Fsp3) is 0.154. The van der Waals surface area contributed by atoms with E-state index in [-0.39, 0.29) is 12.2 Å². The molecule has 2 aromatic rings. The molecule has 0 amide bonds. The van der Waals surface area contributed by atoms with E-state index in [1.54, 1.807) is 12.3 Å². The molecule has 1 heterocycles. The number of benzene rings is 1. The van der Waals surface area contributed by atoms with Gasteiger partial charge in [0.25, 0.3) is 0 Å². The highest BCUT2D eigenvalue weighted by atomic mass is 32.2. The Morgan fingerprint density at radius 3 is 2.70 bits per heavy atom. The highest BCUT2D eigenvalue weighted by Crippen LogP contribution is 2.21. The number of hydrogen-bond donors (Lipinski definition) is 2. The van der Waals surface area contributed by atoms with Crippen LogP contribution < -0.4 is 10.5 Å². The molecule has 2 rings (SSSR count). The van der Waals surface area contributed by atoms with Crippen molar-refractivity contribution in [2.75, 3.05) is 5.73 Å². The van der Waals surface area contributed by atoms with Crippen LogP contribution >= 0.6 is 0 Å². The quantitative estimate of drug-likeness (QED) is 0.839. The number of anilines is 1. The third-order valence-corrected chi connectivity index (χ3v) is 4.31. The first-order valence-corrected chi connectivity index (χ1v) is 7.34. The van der Waals surface area contributed by atoms with E-state index in [9.17, 15) is 12.8 Å². The second kappa shape index (κ2) is 5.56. The molecular formula is C13H14FN3O2S. The molecule has 7 heteroatoms. The number of nitrogens with one attached hydrogen (secondary N) is 1. The van der Waals surface area contributed by atoms with Gasteiger partial charge in [-0.1, -0.05) is 12.1 Å². The highest BCUT2D eigenvalue weighted by Gasteiger charge is 2.22. The van der Waals surface area contributed by atoms with Crippen LogP contribution in [0.4, 0.5) is 10.1 Å². The molecule has 3 N–H and O–H groups in total. The lowest BCUT2D eigenvalue weighted by Gasteiger charge is -2.10. The lowest BCUT2D eigenvalue weighted by atomic mass is 10.2. The molecule has 0 aliphatic heterocycles. The minimum absolute atomic E-state index is 0.0250. The Balaban J connectivity index is 2.27. The molecule has 0 saturated carbocycles. The summed E-state index contributed by atoms with van der Waals surface area (Å²) in [4.78, 5) is 3.53. The Labute approximate surface area is 116 Å². The van der Waals surface area contributed by atoms with E-state index >= 15 is 0 Å². The zero-order valence-electron chi connectivity index (χ0n) is 10.8. The van der Waals surface area contributed by atoms with E-state index in [0.29, 0.717) is 5.69 Å². The summed E-state index contributed by atoms with van der Waals surface area (Å²) >= 11 is 0. The lowest BCUT2D eigenvalue weighted by Crippen LogP contribution is -2.26. The summed E-state index contributed by atoms with van der Waals surface area (Å²) in [5.41, 5.74) is 6.82. The minimum atomic E-state index is -4.03. The van der Waals surface area contributed by atoms with Gasteiger partial charge >= 0.3 is 0 Å². The summed E-state index contributed by atoms with van der Waals surface area (Å²) in [5.74, 6) is -0.879. The molecule has 1 aromatic carbocycles. The van der Waals surface area contributed by atoms with E-state index in [1.165, 1.54) is 12.1 Å². The molecule has 5 nitrogen and oxygen atoms in total. The van der Waals surface area contributed by atoms with Crippen molar-refractivity contribution in [1.82, 2.24) is 9.71 Å². The zero-order chi connectivity index (χ0) is 14.8. The van der Waals surface area contributed by atoms with Gasteiger partial charge in [0, 0.05) is 6.20 Å². The number of nitrogen functional groups attached to an aromatic ring is 1. The average molecular weight is 295 g/mol. The van der Waals surface area contributed by atoms with Crippen molar-refractivity contribution in [3.05, 3.63) is 53.6 Å². The number of halogens is 1. The second-order valence-electron chi connectivity index (χ2n) is 4.25. The van der Waals surface area contributed by atoms with Gasteiger partial charge in [-0.15, -0.1) is 0 Å². The van der Waals surface area contributed by atoms with Gasteiger partial charge in [0.05, 0.1) is 17.9 Å². The van der Waals surface area contributed by atoms with Crippen molar-refractivity contribution < 1.29 is 12.8 Å². The smallest absolute Gasteiger partial charge is 0.245 e. The van der Waals surface area contributed by atoms with Gasteiger partial charge < -0.3 is 5.73 Å². The number of nitrogens with zero attached hydrogens (tertiary/aromatic N) is 1. The molecule has 20 heavy (non-hydrogen) atoms. The summed E-state index contributed by atoms with van der Waals surface area (Å²) < 4.78 is 40.1. The minimum Gasteiger partial charge on any atom is -0.398 e. The van der Waals surface area contributed by atoms with E-state index in [2.05, 4.69) is 9.71 Å². The third-order valence-electron chi connectivity index (χ3n) is 2.81. The highest BCUT2D eigenvalue weighted by molar-refractivity contribution is 7.89. The molecule has 0 spiro atoms. The van der Waals surface area contributed by atoms with Crippen LogP contribution in [0.5, 0.6) is 0 Å². The molecule has 0 radical (unpaired) electrons. The number of pyridine rings is 1. The fourth-order valence-electron chi connectivity index (χ4n) is 1.75. The second-order valence-corrected chi connectivity index (χ2v) is 5.95. The molecule has 0 aliphatic carbocycles. The average Bonchev–Trinajstić information content (AvgIpc) is 2.37. The van der Waals surface area contributed by atoms with Crippen LogP contribution in [0.15, 0.2) is 41.4 Å². The van der Waals surface area contributed by atoms with Crippen molar-refractivity contribution in [3.63, 3.8) is 0 Å². The summed E-state index contributed by atoms with van der Waals surface area (Å²) in [7, 11) is -4.03.